The number of hydrogen-bond donors (Lipinski definition) is 1. The number of ether oxygens (including phenoxy) is 2. The lowest BCUT2D eigenvalue weighted by Crippen LogP contribution is -2.40. The topological polar surface area (TPSA) is 81.5 Å². The molecule has 2 aliphatic heterocycles. The van der Waals surface area contributed by atoms with Crippen LogP contribution in [0.25, 0.3) is 22.2 Å². The Morgan fingerprint density at radius 3 is 2.91 bits per heavy atom. The Balaban J connectivity index is 1.40. The number of likely N-dealkylation sites (tertiary alicyclic amines) is 1. The molecular weight excluding hydrogens is 406 g/mol. The number of rotatable bonds is 6. The molecule has 0 saturated carbocycles. The van der Waals surface area contributed by atoms with Gasteiger partial charge < -0.3 is 19.7 Å². The number of methoxy groups -OCH3 is 1. The average Bonchev–Trinajstić information content (AvgIpc) is 3.51. The van der Waals surface area contributed by atoms with Crippen LogP contribution in [-0.2, 0) is 16.7 Å². The summed E-state index contributed by atoms with van der Waals surface area (Å²) in [5.74, 6) is 0.802. The summed E-state index contributed by atoms with van der Waals surface area (Å²) in [5, 5.41) is 8.83. The fraction of sp³-hybridized carbons (Fsp3) is 0.458. The van der Waals surface area contributed by atoms with Gasteiger partial charge in [0, 0.05) is 61.5 Å². The van der Waals surface area contributed by atoms with E-state index in [1.54, 1.807) is 7.11 Å². The number of hydrogen-bond acceptors (Lipinski definition) is 5. The number of carbonyl (C=O) groups is 1. The predicted molar refractivity (Wildman–Crippen MR) is 122 cm³/mol. The Bertz CT molecular complexity index is 1140. The van der Waals surface area contributed by atoms with E-state index in [0.29, 0.717) is 19.8 Å². The highest BCUT2D eigenvalue weighted by Crippen LogP contribution is 2.43. The molecule has 32 heavy (non-hydrogen) atoms. The molecule has 8 nitrogen and oxygen atoms in total. The first-order valence-corrected chi connectivity index (χ1v) is 11.2. The lowest BCUT2D eigenvalue weighted by Gasteiger charge is -2.23. The van der Waals surface area contributed by atoms with Gasteiger partial charge in [0.2, 0.25) is 0 Å². The zero-order valence-corrected chi connectivity index (χ0v) is 18.6. The smallest absolute Gasteiger partial charge is 0.317 e. The summed E-state index contributed by atoms with van der Waals surface area (Å²) in [6.07, 6.45) is 3.89. The van der Waals surface area contributed by atoms with Gasteiger partial charge in [-0.15, -0.1) is 0 Å². The molecule has 1 saturated heterocycles. The van der Waals surface area contributed by atoms with E-state index >= 15 is 0 Å². The van der Waals surface area contributed by atoms with Crippen LogP contribution in [0.2, 0.25) is 0 Å². The van der Waals surface area contributed by atoms with Crippen LogP contribution in [0.1, 0.15) is 25.5 Å². The van der Waals surface area contributed by atoms with Crippen molar-refractivity contribution < 1.29 is 14.3 Å². The van der Waals surface area contributed by atoms with Crippen molar-refractivity contribution in [3.05, 3.63) is 42.2 Å². The summed E-state index contributed by atoms with van der Waals surface area (Å²) in [5.41, 5.74) is 4.07. The van der Waals surface area contributed by atoms with E-state index in [-0.39, 0.29) is 11.4 Å². The molecule has 0 radical (unpaired) electrons. The van der Waals surface area contributed by atoms with Gasteiger partial charge in [0.1, 0.15) is 12.4 Å². The molecule has 2 amide bonds. The highest BCUT2D eigenvalue weighted by molar-refractivity contribution is 5.84. The maximum atomic E-state index is 12.3. The van der Waals surface area contributed by atoms with Gasteiger partial charge in [-0.3, -0.25) is 9.67 Å². The molecule has 3 aromatic rings. The summed E-state index contributed by atoms with van der Waals surface area (Å²) in [4.78, 5) is 18.9. The number of nitrogens with zero attached hydrogens (tertiary/aromatic N) is 4. The fourth-order valence-electron chi connectivity index (χ4n) is 4.91. The number of amides is 2. The van der Waals surface area contributed by atoms with E-state index in [9.17, 15) is 4.79 Å². The third-order valence-electron chi connectivity index (χ3n) is 6.60. The number of nitrogens with one attached hydrogen (secondary N) is 1. The van der Waals surface area contributed by atoms with Crippen molar-refractivity contribution in [2.24, 2.45) is 0 Å². The molecule has 8 heteroatoms. The Kier molecular flexibility index (Phi) is 5.46. The number of carbonyl (C=O) groups excluding carboxylic acids is 1. The van der Waals surface area contributed by atoms with Crippen molar-refractivity contribution in [3.63, 3.8) is 0 Å². The maximum Gasteiger partial charge on any atom is 0.317 e. The second-order valence-corrected chi connectivity index (χ2v) is 8.60. The molecule has 1 spiro atoms. The molecule has 0 bridgehead atoms. The SMILES string of the molecule is CCNC(=O)N1CCC2(CCn3nc(-c4cnc5ccc(OCCOC)cc5c4)cc32)C1. The normalized spacial score (nSPS) is 19.6. The van der Waals surface area contributed by atoms with Gasteiger partial charge in [0.05, 0.1) is 17.8 Å². The van der Waals surface area contributed by atoms with Gasteiger partial charge in [0.15, 0.2) is 0 Å². The van der Waals surface area contributed by atoms with Gasteiger partial charge in [0.25, 0.3) is 0 Å². The summed E-state index contributed by atoms with van der Waals surface area (Å²) >= 11 is 0. The third-order valence-corrected chi connectivity index (χ3v) is 6.60. The molecule has 1 aromatic carbocycles. The maximum absolute atomic E-state index is 12.3. The van der Waals surface area contributed by atoms with Crippen molar-refractivity contribution in [2.45, 2.75) is 31.7 Å². The van der Waals surface area contributed by atoms with E-state index in [4.69, 9.17) is 14.6 Å². The Morgan fingerprint density at radius 1 is 1.19 bits per heavy atom. The molecule has 1 fully saturated rings. The quantitative estimate of drug-likeness (QED) is 0.602. The Labute approximate surface area is 187 Å². The van der Waals surface area contributed by atoms with E-state index in [0.717, 1.165) is 60.4 Å². The van der Waals surface area contributed by atoms with E-state index in [1.807, 2.05) is 36.2 Å². The van der Waals surface area contributed by atoms with Gasteiger partial charge in [-0.05, 0) is 50.1 Å². The zero-order valence-electron chi connectivity index (χ0n) is 18.6. The minimum Gasteiger partial charge on any atom is -0.491 e. The first kappa shape index (κ1) is 20.8. The van der Waals surface area contributed by atoms with Gasteiger partial charge in [-0.1, -0.05) is 0 Å². The lowest BCUT2D eigenvalue weighted by atomic mass is 9.82. The van der Waals surface area contributed by atoms with Crippen LogP contribution in [0, 0.1) is 0 Å². The molecule has 1 unspecified atom stereocenters. The molecular formula is C24H29N5O3. The lowest BCUT2D eigenvalue weighted by molar-refractivity contribution is 0.146. The average molecular weight is 436 g/mol. The van der Waals surface area contributed by atoms with Crippen molar-refractivity contribution >= 4 is 16.9 Å². The summed E-state index contributed by atoms with van der Waals surface area (Å²) in [7, 11) is 1.66. The number of fused-ring (bicyclic) bond motifs is 3. The zero-order chi connectivity index (χ0) is 22.1. The van der Waals surface area contributed by atoms with E-state index in [1.165, 1.54) is 5.69 Å². The van der Waals surface area contributed by atoms with Crippen LogP contribution in [0.5, 0.6) is 5.75 Å². The first-order chi connectivity index (χ1) is 15.6. The molecule has 4 heterocycles. The van der Waals surface area contributed by atoms with Crippen LogP contribution >= 0.6 is 0 Å². The minimum atomic E-state index is 0.00294. The number of benzene rings is 1. The molecule has 1 atom stereocenters. The van der Waals surface area contributed by atoms with Crippen LogP contribution in [0.15, 0.2) is 36.5 Å². The predicted octanol–water partition coefficient (Wildman–Crippen LogP) is 3.20. The van der Waals surface area contributed by atoms with Crippen molar-refractivity contribution in [1.82, 2.24) is 25.0 Å². The summed E-state index contributed by atoms with van der Waals surface area (Å²) in [6.45, 7) is 6.09. The van der Waals surface area contributed by atoms with Crippen LogP contribution in [-0.4, -0.2) is 65.7 Å². The molecule has 0 aliphatic carbocycles. The van der Waals surface area contributed by atoms with Crippen molar-refractivity contribution in [1.29, 1.82) is 0 Å². The highest BCUT2D eigenvalue weighted by atomic mass is 16.5. The molecule has 2 aliphatic rings. The Hall–Kier alpha value is -3.13. The third kappa shape index (κ3) is 3.68. The van der Waals surface area contributed by atoms with Gasteiger partial charge in [-0.2, -0.15) is 5.10 Å². The first-order valence-electron chi connectivity index (χ1n) is 11.2. The standard InChI is InChI=1S/C24H29N5O3/c1-3-25-23(30)28-8-6-24(16-28)7-9-29-22(24)14-21(27-29)18-12-17-13-19(32-11-10-31-2)4-5-20(17)26-15-18/h4-5,12-15H,3,6-11,16H2,1-2H3,(H,25,30). The van der Waals surface area contributed by atoms with Crippen LogP contribution in [0.4, 0.5) is 4.79 Å². The molecule has 1 N–H and O–H groups in total. The minimum absolute atomic E-state index is 0.00294. The number of aromatic nitrogens is 3. The van der Waals surface area contributed by atoms with E-state index in [2.05, 4.69) is 27.1 Å². The Morgan fingerprint density at radius 2 is 2.06 bits per heavy atom. The summed E-state index contributed by atoms with van der Waals surface area (Å²) in [6, 6.07) is 10.2. The van der Waals surface area contributed by atoms with Crippen LogP contribution in [0.3, 0.4) is 0 Å². The molecule has 168 valence electrons. The molecule has 2 aromatic heterocycles. The molecule has 5 rings (SSSR count). The van der Waals surface area contributed by atoms with Crippen molar-refractivity contribution in [2.75, 3.05) is 40.0 Å². The number of aryl methyl sites for hydroxylation is 1. The van der Waals surface area contributed by atoms with E-state index < -0.39 is 0 Å². The summed E-state index contributed by atoms with van der Waals surface area (Å²) < 4.78 is 12.9. The number of urea groups is 1. The van der Waals surface area contributed by atoms with Gasteiger partial charge >= 0.3 is 6.03 Å². The fourth-order valence-corrected chi connectivity index (χ4v) is 4.91. The van der Waals surface area contributed by atoms with Crippen molar-refractivity contribution in [3.8, 4) is 17.0 Å². The van der Waals surface area contributed by atoms with Gasteiger partial charge in [-0.25, -0.2) is 4.79 Å². The van der Waals surface area contributed by atoms with Crippen LogP contribution < -0.4 is 10.1 Å². The second kappa shape index (κ2) is 8.43. The number of pyridine rings is 1. The second-order valence-electron chi connectivity index (χ2n) is 8.60. The largest absolute Gasteiger partial charge is 0.491 e. The monoisotopic (exact) mass is 435 g/mol. The highest BCUT2D eigenvalue weighted by Gasteiger charge is 2.46.